The van der Waals surface area contributed by atoms with Gasteiger partial charge in [-0.05, 0) is 24.9 Å². The third-order valence-electron chi connectivity index (χ3n) is 3.01. The summed E-state index contributed by atoms with van der Waals surface area (Å²) in [6.07, 6.45) is 4.09. The molecule has 0 atom stereocenters. The van der Waals surface area contributed by atoms with Gasteiger partial charge in [0.2, 0.25) is 0 Å². The summed E-state index contributed by atoms with van der Waals surface area (Å²) in [5, 5.41) is 11.9. The predicted octanol–water partition coefficient (Wildman–Crippen LogP) is 2.48. The van der Waals surface area contributed by atoms with Gasteiger partial charge in [0.05, 0.1) is 0 Å². The van der Waals surface area contributed by atoms with Crippen molar-refractivity contribution in [2.24, 2.45) is 5.92 Å². The van der Waals surface area contributed by atoms with Crippen LogP contribution in [0.1, 0.15) is 24.8 Å². The maximum Gasteiger partial charge on any atom is 0.174 e. The standard InChI is InChI=1S/C14H18N2O/c15-8-10-17-14-4-2-1-3-13(14)11-16-9-7-12-5-6-12/h1-4,12,16H,5-7,9-11H2. The molecule has 0 radical (unpaired) electrons. The molecule has 3 heteroatoms. The van der Waals surface area contributed by atoms with Gasteiger partial charge >= 0.3 is 0 Å². The average Bonchev–Trinajstić information content (AvgIpc) is 3.17. The van der Waals surface area contributed by atoms with Crippen molar-refractivity contribution in [3.8, 4) is 11.8 Å². The zero-order chi connectivity index (χ0) is 11.9. The Balaban J connectivity index is 1.78. The van der Waals surface area contributed by atoms with Crippen LogP contribution in [0.5, 0.6) is 5.75 Å². The lowest BCUT2D eigenvalue weighted by Crippen LogP contribution is -2.16. The fourth-order valence-electron chi connectivity index (χ4n) is 1.84. The fourth-order valence-corrected chi connectivity index (χ4v) is 1.84. The van der Waals surface area contributed by atoms with Crippen LogP contribution in [0.2, 0.25) is 0 Å². The molecular formula is C14H18N2O. The van der Waals surface area contributed by atoms with Crippen LogP contribution in [-0.2, 0) is 6.54 Å². The van der Waals surface area contributed by atoms with Gasteiger partial charge in [0.1, 0.15) is 11.8 Å². The Bertz CT molecular complexity index is 393. The first-order valence-corrected chi connectivity index (χ1v) is 6.18. The van der Waals surface area contributed by atoms with E-state index in [1.807, 2.05) is 30.3 Å². The molecule has 1 N–H and O–H groups in total. The first-order chi connectivity index (χ1) is 8.40. The molecule has 1 fully saturated rings. The Morgan fingerprint density at radius 1 is 1.35 bits per heavy atom. The van der Waals surface area contributed by atoms with E-state index in [1.165, 1.54) is 19.3 Å². The highest BCUT2D eigenvalue weighted by Crippen LogP contribution is 2.31. The maximum absolute atomic E-state index is 8.51. The van der Waals surface area contributed by atoms with Crippen LogP contribution >= 0.6 is 0 Å². The van der Waals surface area contributed by atoms with Crippen LogP contribution in [-0.4, -0.2) is 13.2 Å². The van der Waals surface area contributed by atoms with Gasteiger partial charge in [0.25, 0.3) is 0 Å². The van der Waals surface area contributed by atoms with E-state index in [0.717, 1.165) is 30.3 Å². The number of nitrogens with zero attached hydrogens (tertiary/aromatic N) is 1. The molecule has 0 aliphatic heterocycles. The van der Waals surface area contributed by atoms with E-state index in [2.05, 4.69) is 5.32 Å². The van der Waals surface area contributed by atoms with Crippen LogP contribution in [0.4, 0.5) is 0 Å². The highest BCUT2D eigenvalue weighted by atomic mass is 16.5. The lowest BCUT2D eigenvalue weighted by molar-refractivity contribution is 0.362. The van der Waals surface area contributed by atoms with Gasteiger partial charge in [-0.25, -0.2) is 0 Å². The normalized spacial score (nSPS) is 14.3. The molecule has 0 spiro atoms. The quantitative estimate of drug-likeness (QED) is 0.732. The molecular weight excluding hydrogens is 212 g/mol. The zero-order valence-corrected chi connectivity index (χ0v) is 9.98. The van der Waals surface area contributed by atoms with Crippen molar-refractivity contribution in [3.63, 3.8) is 0 Å². The van der Waals surface area contributed by atoms with Crippen molar-refractivity contribution in [2.45, 2.75) is 25.8 Å². The molecule has 0 aromatic heterocycles. The molecule has 2 rings (SSSR count). The Labute approximate surface area is 102 Å². The van der Waals surface area contributed by atoms with Crippen molar-refractivity contribution in [1.82, 2.24) is 5.32 Å². The molecule has 0 amide bonds. The van der Waals surface area contributed by atoms with Crippen LogP contribution < -0.4 is 10.1 Å². The third-order valence-corrected chi connectivity index (χ3v) is 3.01. The number of hydrogen-bond acceptors (Lipinski definition) is 3. The van der Waals surface area contributed by atoms with Gasteiger partial charge in [-0.15, -0.1) is 0 Å². The Morgan fingerprint density at radius 2 is 2.18 bits per heavy atom. The Morgan fingerprint density at radius 3 is 2.94 bits per heavy atom. The van der Waals surface area contributed by atoms with E-state index >= 15 is 0 Å². The molecule has 1 aliphatic rings. The minimum atomic E-state index is 0.110. The molecule has 1 aromatic rings. The van der Waals surface area contributed by atoms with Gasteiger partial charge in [0, 0.05) is 12.1 Å². The summed E-state index contributed by atoms with van der Waals surface area (Å²) in [6.45, 7) is 1.99. The molecule has 0 saturated heterocycles. The van der Waals surface area contributed by atoms with Crippen molar-refractivity contribution < 1.29 is 4.74 Å². The lowest BCUT2D eigenvalue weighted by atomic mass is 10.2. The monoisotopic (exact) mass is 230 g/mol. The van der Waals surface area contributed by atoms with Crippen LogP contribution in [0, 0.1) is 17.2 Å². The highest BCUT2D eigenvalue weighted by Gasteiger charge is 2.19. The Kier molecular flexibility index (Phi) is 4.40. The van der Waals surface area contributed by atoms with Crippen LogP contribution in [0.3, 0.4) is 0 Å². The SMILES string of the molecule is N#CCOc1ccccc1CNCCC1CC1. The number of para-hydroxylation sites is 1. The predicted molar refractivity (Wildman–Crippen MR) is 66.6 cm³/mol. The second-order valence-electron chi connectivity index (χ2n) is 4.46. The smallest absolute Gasteiger partial charge is 0.174 e. The first kappa shape index (κ1) is 11.9. The van der Waals surface area contributed by atoms with Gasteiger partial charge in [-0.1, -0.05) is 31.0 Å². The van der Waals surface area contributed by atoms with Gasteiger partial charge in [0.15, 0.2) is 6.61 Å². The van der Waals surface area contributed by atoms with Crippen LogP contribution in [0.15, 0.2) is 24.3 Å². The van der Waals surface area contributed by atoms with E-state index in [4.69, 9.17) is 10.00 Å². The molecule has 0 unspecified atom stereocenters. The summed E-state index contributed by atoms with van der Waals surface area (Å²) in [6, 6.07) is 9.87. The zero-order valence-electron chi connectivity index (χ0n) is 9.98. The fraction of sp³-hybridized carbons (Fsp3) is 0.500. The summed E-state index contributed by atoms with van der Waals surface area (Å²) in [4.78, 5) is 0. The van der Waals surface area contributed by atoms with Gasteiger partial charge in [-0.3, -0.25) is 0 Å². The van der Waals surface area contributed by atoms with E-state index < -0.39 is 0 Å². The molecule has 90 valence electrons. The summed E-state index contributed by atoms with van der Waals surface area (Å²) < 4.78 is 5.38. The summed E-state index contributed by atoms with van der Waals surface area (Å²) in [5.74, 6) is 1.78. The number of rotatable bonds is 7. The van der Waals surface area contributed by atoms with Crippen molar-refractivity contribution in [1.29, 1.82) is 5.26 Å². The highest BCUT2D eigenvalue weighted by molar-refractivity contribution is 5.33. The lowest BCUT2D eigenvalue weighted by Gasteiger charge is -2.09. The number of nitriles is 1. The minimum absolute atomic E-state index is 0.110. The largest absolute Gasteiger partial charge is 0.478 e. The maximum atomic E-state index is 8.51. The van der Waals surface area contributed by atoms with Gasteiger partial charge in [-0.2, -0.15) is 5.26 Å². The molecule has 1 aliphatic carbocycles. The van der Waals surface area contributed by atoms with Crippen molar-refractivity contribution in [2.75, 3.05) is 13.2 Å². The number of hydrogen-bond donors (Lipinski definition) is 1. The molecule has 1 saturated carbocycles. The minimum Gasteiger partial charge on any atom is -0.478 e. The van der Waals surface area contributed by atoms with Crippen LogP contribution in [0.25, 0.3) is 0 Å². The second kappa shape index (κ2) is 6.27. The van der Waals surface area contributed by atoms with E-state index in [1.54, 1.807) is 0 Å². The second-order valence-corrected chi connectivity index (χ2v) is 4.46. The third kappa shape index (κ3) is 4.08. The van der Waals surface area contributed by atoms with Crippen molar-refractivity contribution >= 4 is 0 Å². The Hall–Kier alpha value is -1.53. The molecule has 0 heterocycles. The van der Waals surface area contributed by atoms with E-state index in [9.17, 15) is 0 Å². The molecule has 17 heavy (non-hydrogen) atoms. The molecule has 3 nitrogen and oxygen atoms in total. The van der Waals surface area contributed by atoms with E-state index in [0.29, 0.717) is 0 Å². The number of nitrogens with one attached hydrogen (secondary N) is 1. The molecule has 0 bridgehead atoms. The number of ether oxygens (including phenoxy) is 1. The number of benzene rings is 1. The first-order valence-electron chi connectivity index (χ1n) is 6.18. The van der Waals surface area contributed by atoms with Gasteiger partial charge < -0.3 is 10.1 Å². The summed E-state index contributed by atoms with van der Waals surface area (Å²) in [5.41, 5.74) is 1.12. The summed E-state index contributed by atoms with van der Waals surface area (Å²) >= 11 is 0. The van der Waals surface area contributed by atoms with Crippen molar-refractivity contribution in [3.05, 3.63) is 29.8 Å². The summed E-state index contributed by atoms with van der Waals surface area (Å²) in [7, 11) is 0. The topological polar surface area (TPSA) is 45.0 Å². The molecule has 1 aromatic carbocycles. The average molecular weight is 230 g/mol. The van der Waals surface area contributed by atoms with E-state index in [-0.39, 0.29) is 6.61 Å².